The highest BCUT2D eigenvalue weighted by Crippen LogP contribution is 2.20. The number of nitrogens with zero attached hydrogens (tertiary/aromatic N) is 5. The molecule has 1 amide bonds. The van der Waals surface area contributed by atoms with Crippen LogP contribution in [0.25, 0.3) is 10.9 Å². The van der Waals surface area contributed by atoms with Crippen LogP contribution in [0.4, 0.5) is 5.69 Å². The number of fused-ring (bicyclic) bond motifs is 1. The molecule has 0 atom stereocenters. The maximum Gasteiger partial charge on any atom is 0.328 e. The molecule has 11 heteroatoms. The van der Waals surface area contributed by atoms with E-state index in [1.54, 1.807) is 18.1 Å². The van der Waals surface area contributed by atoms with Crippen LogP contribution in [0.2, 0.25) is 0 Å². The zero-order chi connectivity index (χ0) is 22.8. The number of carbonyl (C=O) groups is 1. The van der Waals surface area contributed by atoms with Crippen molar-refractivity contribution in [1.29, 1.82) is 0 Å². The highest BCUT2D eigenvalue weighted by atomic mass is 16.5. The van der Waals surface area contributed by atoms with Crippen molar-refractivity contribution in [2.24, 2.45) is 7.05 Å². The fourth-order valence-electron chi connectivity index (χ4n) is 3.75. The van der Waals surface area contributed by atoms with E-state index in [1.807, 2.05) is 12.1 Å². The summed E-state index contributed by atoms with van der Waals surface area (Å²) in [5, 5.41) is 0.537. The van der Waals surface area contributed by atoms with E-state index < -0.39 is 17.2 Å². The smallest absolute Gasteiger partial charge is 0.328 e. The molecule has 1 aromatic carbocycles. The number of anilines is 1. The second-order valence-electron chi connectivity index (χ2n) is 7.59. The van der Waals surface area contributed by atoms with Crippen LogP contribution in [0.1, 0.15) is 10.4 Å². The number of piperazine rings is 1. The molecular formula is C21H24N6O5. The molecule has 168 valence electrons. The minimum absolute atomic E-state index is 0.0554. The number of hydrogen-bond acceptors (Lipinski definition) is 7. The average molecular weight is 440 g/mol. The molecular weight excluding hydrogens is 416 g/mol. The van der Waals surface area contributed by atoms with E-state index in [0.29, 0.717) is 50.2 Å². The summed E-state index contributed by atoms with van der Waals surface area (Å²) >= 11 is 0. The molecule has 1 N–H and O–H groups in total. The Morgan fingerprint density at radius 3 is 2.59 bits per heavy atom. The Hall–Kier alpha value is -3.73. The Balaban J connectivity index is 1.49. The monoisotopic (exact) mass is 440 g/mol. The van der Waals surface area contributed by atoms with Crippen LogP contribution in [0.5, 0.6) is 0 Å². The first kappa shape index (κ1) is 21.5. The number of aromatic nitrogens is 4. The quantitative estimate of drug-likeness (QED) is 0.562. The van der Waals surface area contributed by atoms with Crippen molar-refractivity contribution >= 4 is 22.5 Å². The molecule has 1 aliphatic rings. The number of hydrogen-bond donors (Lipinski definition) is 1. The Morgan fingerprint density at radius 1 is 1.12 bits per heavy atom. The van der Waals surface area contributed by atoms with Crippen molar-refractivity contribution < 1.29 is 9.53 Å². The van der Waals surface area contributed by atoms with Crippen LogP contribution in [0.15, 0.2) is 45.1 Å². The molecule has 3 heterocycles. The van der Waals surface area contributed by atoms with Gasteiger partial charge in [0.15, 0.2) is 0 Å². The molecule has 4 rings (SSSR count). The molecule has 0 aliphatic carbocycles. The van der Waals surface area contributed by atoms with Gasteiger partial charge in [0.05, 0.1) is 30.4 Å². The van der Waals surface area contributed by atoms with Crippen molar-refractivity contribution in [3.63, 3.8) is 0 Å². The standard InChI is InChI=1S/C21H24N6O5/c1-24-18(28)16(12-22-21(24)31)20(30)26-7-5-25(6-8-26)14-3-4-15-17(11-14)23-13-27(19(15)29)9-10-32-2/h3-4,11-13H,5-10H2,1-2H3,(H,22,31). The lowest BCUT2D eigenvalue weighted by Gasteiger charge is -2.36. The zero-order valence-corrected chi connectivity index (χ0v) is 17.9. The Bertz CT molecular complexity index is 1330. The summed E-state index contributed by atoms with van der Waals surface area (Å²) < 4.78 is 7.43. The molecule has 1 saturated heterocycles. The third-order valence-corrected chi connectivity index (χ3v) is 5.69. The lowest BCUT2D eigenvalue weighted by Crippen LogP contribution is -2.50. The van der Waals surface area contributed by atoms with Crippen molar-refractivity contribution in [2.45, 2.75) is 6.54 Å². The van der Waals surface area contributed by atoms with Crippen LogP contribution >= 0.6 is 0 Å². The first-order valence-electron chi connectivity index (χ1n) is 10.2. The highest BCUT2D eigenvalue weighted by molar-refractivity contribution is 5.93. The number of ether oxygens (including phenoxy) is 1. The van der Waals surface area contributed by atoms with Crippen molar-refractivity contribution in [1.82, 2.24) is 24.0 Å². The number of H-pyrrole nitrogens is 1. The minimum atomic E-state index is -0.613. The van der Waals surface area contributed by atoms with Gasteiger partial charge in [0.2, 0.25) is 0 Å². The van der Waals surface area contributed by atoms with Gasteiger partial charge in [-0.2, -0.15) is 0 Å². The summed E-state index contributed by atoms with van der Waals surface area (Å²) in [5.41, 5.74) is 0.170. The summed E-state index contributed by atoms with van der Waals surface area (Å²) in [6.07, 6.45) is 2.70. The summed E-state index contributed by atoms with van der Waals surface area (Å²) in [6, 6.07) is 5.51. The molecule has 0 radical (unpaired) electrons. The highest BCUT2D eigenvalue weighted by Gasteiger charge is 2.25. The predicted molar refractivity (Wildman–Crippen MR) is 118 cm³/mol. The van der Waals surface area contributed by atoms with Gasteiger partial charge in [-0.25, -0.2) is 9.78 Å². The van der Waals surface area contributed by atoms with E-state index in [0.717, 1.165) is 10.3 Å². The first-order chi connectivity index (χ1) is 15.4. The van der Waals surface area contributed by atoms with Crippen LogP contribution < -0.4 is 21.7 Å². The summed E-state index contributed by atoms with van der Waals surface area (Å²) in [6.45, 7) is 2.84. The number of rotatable bonds is 5. The number of carbonyl (C=O) groups excluding carboxylic acids is 1. The maximum atomic E-state index is 12.8. The van der Waals surface area contributed by atoms with Crippen molar-refractivity contribution in [3.05, 3.63) is 67.5 Å². The summed E-state index contributed by atoms with van der Waals surface area (Å²) in [7, 11) is 2.91. The van der Waals surface area contributed by atoms with E-state index in [1.165, 1.54) is 24.1 Å². The van der Waals surface area contributed by atoms with Gasteiger partial charge >= 0.3 is 5.69 Å². The molecule has 32 heavy (non-hydrogen) atoms. The molecule has 0 spiro atoms. The van der Waals surface area contributed by atoms with Crippen LogP contribution in [0.3, 0.4) is 0 Å². The van der Waals surface area contributed by atoms with Gasteiger partial charge in [0.25, 0.3) is 17.0 Å². The SMILES string of the molecule is COCCn1cnc2cc(N3CCN(C(=O)c4c[nH]c(=O)n(C)c4=O)CC3)ccc2c1=O. The minimum Gasteiger partial charge on any atom is -0.383 e. The normalized spacial score (nSPS) is 14.2. The molecule has 1 aliphatic heterocycles. The fourth-order valence-corrected chi connectivity index (χ4v) is 3.75. The Morgan fingerprint density at radius 2 is 1.88 bits per heavy atom. The summed E-state index contributed by atoms with van der Waals surface area (Å²) in [4.78, 5) is 59.6. The molecule has 2 aromatic heterocycles. The van der Waals surface area contributed by atoms with Crippen LogP contribution in [0, 0.1) is 0 Å². The van der Waals surface area contributed by atoms with E-state index in [4.69, 9.17) is 4.74 Å². The number of nitrogens with one attached hydrogen (secondary N) is 1. The molecule has 0 unspecified atom stereocenters. The number of methoxy groups -OCH3 is 1. The van der Waals surface area contributed by atoms with E-state index >= 15 is 0 Å². The summed E-state index contributed by atoms with van der Waals surface area (Å²) in [5.74, 6) is -0.404. The number of benzene rings is 1. The third-order valence-electron chi connectivity index (χ3n) is 5.69. The van der Waals surface area contributed by atoms with Crippen molar-refractivity contribution in [3.8, 4) is 0 Å². The third kappa shape index (κ3) is 3.94. The van der Waals surface area contributed by atoms with Crippen molar-refractivity contribution in [2.75, 3.05) is 44.8 Å². The lowest BCUT2D eigenvalue weighted by atomic mass is 10.2. The fraction of sp³-hybridized carbons (Fsp3) is 0.381. The van der Waals surface area contributed by atoms with Gasteiger partial charge in [-0.1, -0.05) is 0 Å². The van der Waals surface area contributed by atoms with E-state index in [-0.39, 0.29) is 11.1 Å². The van der Waals surface area contributed by atoms with Gasteiger partial charge in [0, 0.05) is 52.2 Å². The van der Waals surface area contributed by atoms with Gasteiger partial charge in [-0.3, -0.25) is 23.5 Å². The van der Waals surface area contributed by atoms with E-state index in [9.17, 15) is 19.2 Å². The van der Waals surface area contributed by atoms with E-state index in [2.05, 4.69) is 14.9 Å². The Labute approximate surface area is 182 Å². The lowest BCUT2D eigenvalue weighted by molar-refractivity contribution is 0.0743. The van der Waals surface area contributed by atoms with Gasteiger partial charge in [0.1, 0.15) is 5.56 Å². The number of amides is 1. The van der Waals surface area contributed by atoms with Gasteiger partial charge < -0.3 is 19.5 Å². The zero-order valence-electron chi connectivity index (χ0n) is 17.9. The van der Waals surface area contributed by atoms with Crippen LogP contribution in [-0.2, 0) is 18.3 Å². The maximum absolute atomic E-state index is 12.8. The van der Waals surface area contributed by atoms with Gasteiger partial charge in [-0.05, 0) is 18.2 Å². The number of aromatic amines is 1. The Kier molecular flexibility index (Phi) is 5.91. The second-order valence-corrected chi connectivity index (χ2v) is 7.59. The molecule has 0 bridgehead atoms. The topological polar surface area (TPSA) is 123 Å². The molecule has 3 aromatic rings. The second kappa shape index (κ2) is 8.79. The average Bonchev–Trinajstić information content (AvgIpc) is 2.82. The van der Waals surface area contributed by atoms with Gasteiger partial charge in [-0.15, -0.1) is 0 Å². The molecule has 11 nitrogen and oxygen atoms in total. The molecule has 1 fully saturated rings. The first-order valence-corrected chi connectivity index (χ1v) is 10.2. The predicted octanol–water partition coefficient (Wildman–Crippen LogP) is -0.608. The van der Waals surface area contributed by atoms with Crippen LogP contribution in [-0.4, -0.2) is 69.8 Å². The largest absolute Gasteiger partial charge is 0.383 e. The molecule has 0 saturated carbocycles.